The molecule has 4 nitrogen and oxygen atoms in total. The third kappa shape index (κ3) is 2.97. The van der Waals surface area contributed by atoms with Crippen LogP contribution in [0.2, 0.25) is 0 Å². The fraction of sp³-hybridized carbons (Fsp3) is 0.250. The summed E-state index contributed by atoms with van der Waals surface area (Å²) in [5.74, 6) is -0.597. The molecule has 1 fully saturated rings. The molecule has 0 unspecified atom stereocenters. The van der Waals surface area contributed by atoms with Crippen molar-refractivity contribution in [2.24, 2.45) is 0 Å². The summed E-state index contributed by atoms with van der Waals surface area (Å²) in [6, 6.07) is 12.5. The van der Waals surface area contributed by atoms with Crippen molar-refractivity contribution in [1.29, 1.82) is 0 Å². The fourth-order valence-corrected chi connectivity index (χ4v) is 3.40. The Morgan fingerprint density at radius 3 is 2.72 bits per heavy atom. The molecule has 0 bridgehead atoms. The average Bonchev–Trinajstić information content (AvgIpc) is 3.28. The summed E-state index contributed by atoms with van der Waals surface area (Å²) in [5.41, 5.74) is 3.79. The van der Waals surface area contributed by atoms with E-state index in [1.807, 2.05) is 25.1 Å². The van der Waals surface area contributed by atoms with Gasteiger partial charge in [-0.25, -0.2) is 4.39 Å². The number of hydrogen-bond donors (Lipinski definition) is 2. The molecular weight excluding hydrogens is 317 g/mol. The number of carbonyl (C=O) groups excluding carboxylic acids is 1. The lowest BCUT2D eigenvalue weighted by Gasteiger charge is -2.18. The van der Waals surface area contributed by atoms with Gasteiger partial charge in [-0.05, 0) is 55.7 Å². The van der Waals surface area contributed by atoms with Crippen molar-refractivity contribution in [3.05, 3.63) is 59.5 Å². The van der Waals surface area contributed by atoms with Gasteiger partial charge < -0.3 is 15.2 Å². The number of aromatic nitrogens is 1. The summed E-state index contributed by atoms with van der Waals surface area (Å²) in [7, 11) is 0. The molecule has 128 valence electrons. The fourth-order valence-electron chi connectivity index (χ4n) is 3.40. The van der Waals surface area contributed by atoms with Crippen molar-refractivity contribution in [1.82, 2.24) is 4.98 Å². The minimum atomic E-state index is -0.327. The minimum absolute atomic E-state index is 0.270. The standard InChI is InChI=1S/C20H20FN3O/c1-13-7-8-17(21)16-12-18(23-19(13)16)20(25)22-14-5-4-6-15(11-14)24-9-2-3-10-24/h4-8,11-12,23H,2-3,9-10H2,1H3,(H,22,25). The van der Waals surface area contributed by atoms with E-state index >= 15 is 0 Å². The number of nitrogens with zero attached hydrogens (tertiary/aromatic N) is 1. The van der Waals surface area contributed by atoms with Crippen LogP contribution < -0.4 is 10.2 Å². The Kier molecular flexibility index (Phi) is 3.92. The second kappa shape index (κ2) is 6.24. The molecule has 2 heterocycles. The summed E-state index contributed by atoms with van der Waals surface area (Å²) >= 11 is 0. The van der Waals surface area contributed by atoms with E-state index in [-0.39, 0.29) is 11.7 Å². The zero-order valence-electron chi connectivity index (χ0n) is 14.1. The third-order valence-corrected chi connectivity index (χ3v) is 4.77. The van der Waals surface area contributed by atoms with Crippen LogP contribution in [-0.2, 0) is 0 Å². The van der Waals surface area contributed by atoms with Crippen LogP contribution in [0, 0.1) is 12.7 Å². The quantitative estimate of drug-likeness (QED) is 0.741. The zero-order valence-corrected chi connectivity index (χ0v) is 14.1. The van der Waals surface area contributed by atoms with Crippen LogP contribution >= 0.6 is 0 Å². The van der Waals surface area contributed by atoms with Gasteiger partial charge in [-0.3, -0.25) is 4.79 Å². The molecule has 2 aromatic carbocycles. The van der Waals surface area contributed by atoms with E-state index in [1.165, 1.54) is 18.9 Å². The molecule has 0 aliphatic carbocycles. The van der Waals surface area contributed by atoms with Gasteiger partial charge in [0.15, 0.2) is 0 Å². The molecule has 5 heteroatoms. The van der Waals surface area contributed by atoms with Crippen LogP contribution in [-0.4, -0.2) is 24.0 Å². The number of hydrogen-bond acceptors (Lipinski definition) is 2. The predicted octanol–water partition coefficient (Wildman–Crippen LogP) is 4.47. The first-order valence-corrected chi connectivity index (χ1v) is 8.56. The maximum absolute atomic E-state index is 13.9. The molecule has 1 amide bonds. The van der Waals surface area contributed by atoms with Crippen molar-refractivity contribution < 1.29 is 9.18 Å². The molecular formula is C20H20FN3O. The number of benzene rings is 2. The van der Waals surface area contributed by atoms with Crippen molar-refractivity contribution in [3.63, 3.8) is 0 Å². The van der Waals surface area contributed by atoms with Gasteiger partial charge in [0.1, 0.15) is 11.5 Å². The molecule has 0 atom stereocenters. The lowest BCUT2D eigenvalue weighted by Crippen LogP contribution is -2.18. The first-order chi connectivity index (χ1) is 12.1. The number of rotatable bonds is 3. The Labute approximate surface area is 145 Å². The maximum atomic E-state index is 13.9. The van der Waals surface area contributed by atoms with E-state index in [2.05, 4.69) is 21.3 Å². The highest BCUT2D eigenvalue weighted by atomic mass is 19.1. The molecule has 1 aliphatic rings. The van der Waals surface area contributed by atoms with Gasteiger partial charge in [-0.15, -0.1) is 0 Å². The lowest BCUT2D eigenvalue weighted by atomic mass is 10.1. The SMILES string of the molecule is Cc1ccc(F)c2cc(C(=O)Nc3cccc(N4CCCC4)c3)[nH]c12. The number of aryl methyl sites for hydroxylation is 1. The summed E-state index contributed by atoms with van der Waals surface area (Å²) in [4.78, 5) is 17.9. The number of aromatic amines is 1. The van der Waals surface area contributed by atoms with Crippen molar-refractivity contribution in [2.75, 3.05) is 23.3 Å². The van der Waals surface area contributed by atoms with Crippen molar-refractivity contribution in [3.8, 4) is 0 Å². The first-order valence-electron chi connectivity index (χ1n) is 8.56. The normalized spacial score (nSPS) is 14.2. The van der Waals surface area contributed by atoms with Crippen LogP contribution in [0.4, 0.5) is 15.8 Å². The van der Waals surface area contributed by atoms with Gasteiger partial charge >= 0.3 is 0 Å². The van der Waals surface area contributed by atoms with Crippen molar-refractivity contribution >= 4 is 28.2 Å². The predicted molar refractivity (Wildman–Crippen MR) is 98.8 cm³/mol. The van der Waals surface area contributed by atoms with Crippen LogP contribution in [0.15, 0.2) is 42.5 Å². The second-order valence-corrected chi connectivity index (χ2v) is 6.53. The van der Waals surface area contributed by atoms with E-state index in [4.69, 9.17) is 0 Å². The van der Waals surface area contributed by atoms with E-state index in [0.717, 1.165) is 30.0 Å². The summed E-state index contributed by atoms with van der Waals surface area (Å²) in [6.45, 7) is 4.00. The van der Waals surface area contributed by atoms with Crippen LogP contribution in [0.1, 0.15) is 28.9 Å². The van der Waals surface area contributed by atoms with E-state index in [1.54, 1.807) is 12.1 Å². The second-order valence-electron chi connectivity index (χ2n) is 6.53. The summed E-state index contributed by atoms with van der Waals surface area (Å²) < 4.78 is 13.9. The molecule has 0 saturated carbocycles. The molecule has 1 aromatic heterocycles. The Balaban J connectivity index is 1.59. The highest BCUT2D eigenvalue weighted by Gasteiger charge is 2.15. The number of anilines is 2. The van der Waals surface area contributed by atoms with Gasteiger partial charge in [0.05, 0.1) is 5.52 Å². The maximum Gasteiger partial charge on any atom is 0.272 e. The molecule has 25 heavy (non-hydrogen) atoms. The van der Waals surface area contributed by atoms with Crippen LogP contribution in [0.5, 0.6) is 0 Å². The number of H-pyrrole nitrogens is 1. The van der Waals surface area contributed by atoms with Crippen LogP contribution in [0.3, 0.4) is 0 Å². The topological polar surface area (TPSA) is 48.1 Å². The molecule has 1 aliphatic heterocycles. The minimum Gasteiger partial charge on any atom is -0.371 e. The number of nitrogens with one attached hydrogen (secondary N) is 2. The highest BCUT2D eigenvalue weighted by molar-refractivity contribution is 6.06. The highest BCUT2D eigenvalue weighted by Crippen LogP contribution is 2.25. The van der Waals surface area contributed by atoms with E-state index < -0.39 is 0 Å². The molecule has 0 radical (unpaired) electrons. The van der Waals surface area contributed by atoms with Gasteiger partial charge in [0.25, 0.3) is 5.91 Å². The molecule has 0 spiro atoms. The Bertz CT molecular complexity index is 902. The number of fused-ring (bicyclic) bond motifs is 1. The number of carbonyl (C=O) groups is 1. The monoisotopic (exact) mass is 337 g/mol. The van der Waals surface area contributed by atoms with Gasteiger partial charge in [0, 0.05) is 29.9 Å². The van der Waals surface area contributed by atoms with Crippen molar-refractivity contribution in [2.45, 2.75) is 19.8 Å². The van der Waals surface area contributed by atoms with Gasteiger partial charge in [-0.1, -0.05) is 12.1 Å². The third-order valence-electron chi connectivity index (χ3n) is 4.77. The summed E-state index contributed by atoms with van der Waals surface area (Å²) in [5, 5.41) is 3.34. The van der Waals surface area contributed by atoms with Crippen LogP contribution in [0.25, 0.3) is 10.9 Å². The van der Waals surface area contributed by atoms with Gasteiger partial charge in [-0.2, -0.15) is 0 Å². The Morgan fingerprint density at radius 2 is 1.96 bits per heavy atom. The largest absolute Gasteiger partial charge is 0.371 e. The summed E-state index contributed by atoms with van der Waals surface area (Å²) in [6.07, 6.45) is 2.41. The zero-order chi connectivity index (χ0) is 17.4. The molecule has 4 rings (SSSR count). The average molecular weight is 337 g/mol. The van der Waals surface area contributed by atoms with E-state index in [9.17, 15) is 9.18 Å². The lowest BCUT2D eigenvalue weighted by molar-refractivity contribution is 0.102. The molecule has 3 aromatic rings. The number of halogens is 1. The Hall–Kier alpha value is -2.82. The Morgan fingerprint density at radius 1 is 1.16 bits per heavy atom. The number of amides is 1. The van der Waals surface area contributed by atoms with E-state index in [0.29, 0.717) is 16.6 Å². The molecule has 1 saturated heterocycles. The smallest absolute Gasteiger partial charge is 0.272 e. The van der Waals surface area contributed by atoms with Gasteiger partial charge in [0.2, 0.25) is 0 Å². The first kappa shape index (κ1) is 15.7. The molecule has 2 N–H and O–H groups in total.